The molecular weight excluding hydrogens is 411 g/mol. The lowest BCUT2D eigenvalue weighted by Gasteiger charge is -2.26. The molecule has 2 atom stereocenters. The normalized spacial score (nSPS) is 24.1. The van der Waals surface area contributed by atoms with Crippen molar-refractivity contribution in [1.29, 1.82) is 0 Å². The van der Waals surface area contributed by atoms with Crippen LogP contribution in [0.4, 0.5) is 10.1 Å². The lowest BCUT2D eigenvalue weighted by atomic mass is 10.1. The Morgan fingerprint density at radius 2 is 1.90 bits per heavy atom. The summed E-state index contributed by atoms with van der Waals surface area (Å²) in [5.74, 6) is -0.538. The smallest absolute Gasteiger partial charge is 0.252 e. The molecule has 2 heterocycles. The predicted molar refractivity (Wildman–Crippen MR) is 115 cm³/mol. The average Bonchev–Trinajstić information content (AvgIpc) is 3.10. The summed E-state index contributed by atoms with van der Waals surface area (Å²) in [4.78, 5) is 18.8. The molecule has 2 aliphatic rings. The van der Waals surface area contributed by atoms with E-state index in [1.807, 2.05) is 36.9 Å². The molecule has 1 amide bonds. The zero-order valence-corrected chi connectivity index (χ0v) is 17.8. The Morgan fingerprint density at radius 3 is 2.62 bits per heavy atom. The van der Waals surface area contributed by atoms with Crippen molar-refractivity contribution >= 4 is 38.4 Å². The van der Waals surface area contributed by atoms with E-state index in [9.17, 15) is 17.6 Å². The summed E-state index contributed by atoms with van der Waals surface area (Å²) < 4.78 is 37.5. The van der Waals surface area contributed by atoms with Crippen molar-refractivity contribution in [3.05, 3.63) is 65.0 Å². The Kier molecular flexibility index (Phi) is 5.25. The largest absolute Gasteiger partial charge is 0.315 e. The van der Waals surface area contributed by atoms with E-state index >= 15 is 0 Å². The number of hydrogen-bond donors (Lipinski definition) is 0. The molecule has 2 aromatic rings. The molecule has 4 rings (SSSR count). The van der Waals surface area contributed by atoms with Gasteiger partial charge in [-0.1, -0.05) is 36.0 Å². The lowest BCUT2D eigenvalue weighted by Crippen LogP contribution is -2.38. The number of sulfone groups is 1. The highest BCUT2D eigenvalue weighted by molar-refractivity contribution is 8.16. The molecule has 2 saturated heterocycles. The molecule has 29 heavy (non-hydrogen) atoms. The fraction of sp³-hybridized carbons (Fsp3) is 0.333. The minimum absolute atomic E-state index is 0.0588. The van der Waals surface area contributed by atoms with Crippen molar-refractivity contribution in [2.24, 2.45) is 4.99 Å². The quantitative estimate of drug-likeness (QED) is 0.745. The molecule has 0 aromatic heterocycles. The Labute approximate surface area is 173 Å². The number of benzene rings is 2. The van der Waals surface area contributed by atoms with E-state index in [4.69, 9.17) is 0 Å². The van der Waals surface area contributed by atoms with Gasteiger partial charge in [0.1, 0.15) is 5.82 Å². The molecule has 0 saturated carbocycles. The third-order valence-corrected chi connectivity index (χ3v) is 8.60. The van der Waals surface area contributed by atoms with E-state index in [1.165, 1.54) is 23.9 Å². The fourth-order valence-corrected chi connectivity index (χ4v) is 7.69. The molecule has 2 aromatic carbocycles. The number of aliphatic imine (C=N–C) groups is 1. The first-order valence-corrected chi connectivity index (χ1v) is 12.0. The first-order chi connectivity index (χ1) is 13.7. The number of nitrogens with zero attached hydrogens (tertiary/aromatic N) is 2. The molecule has 0 radical (unpaired) electrons. The van der Waals surface area contributed by atoms with Crippen LogP contribution in [0.3, 0.4) is 0 Å². The van der Waals surface area contributed by atoms with Crippen LogP contribution in [0.15, 0.2) is 47.5 Å². The number of aryl methyl sites for hydroxylation is 1. The number of carbonyl (C=O) groups excluding carboxylic acids is 1. The number of thioether (sulfide) groups is 1. The van der Waals surface area contributed by atoms with Gasteiger partial charge in [-0.05, 0) is 48.7 Å². The molecule has 0 unspecified atom stereocenters. The van der Waals surface area contributed by atoms with Crippen molar-refractivity contribution in [1.82, 2.24) is 0 Å². The molecule has 2 fully saturated rings. The predicted octanol–water partition coefficient (Wildman–Crippen LogP) is 3.29. The maximum atomic E-state index is 13.1. The summed E-state index contributed by atoms with van der Waals surface area (Å²) in [5, 5.41) is 0.396. The molecule has 5 nitrogen and oxygen atoms in total. The standard InChI is InChI=1S/C21H21FN2O3S2/c1-13-4-3-5-17(14(13)2)24-18-11-29(26,27)12-19(18)28-21(24)23-20(25)10-15-6-8-16(22)9-7-15/h3-9,18-19H,10-12H2,1-2H3/t18-,19+/m0/s1. The van der Waals surface area contributed by atoms with Crippen molar-refractivity contribution in [2.45, 2.75) is 31.6 Å². The number of halogens is 1. The van der Waals surface area contributed by atoms with Crippen molar-refractivity contribution in [3.8, 4) is 0 Å². The molecule has 0 aliphatic carbocycles. The van der Waals surface area contributed by atoms with Gasteiger partial charge in [-0.2, -0.15) is 4.99 Å². The van der Waals surface area contributed by atoms with Crippen LogP contribution in [0.5, 0.6) is 0 Å². The maximum absolute atomic E-state index is 13.1. The van der Waals surface area contributed by atoms with Crippen LogP contribution < -0.4 is 4.90 Å². The summed E-state index contributed by atoms with van der Waals surface area (Å²) in [5.41, 5.74) is 3.70. The zero-order valence-electron chi connectivity index (χ0n) is 16.1. The minimum atomic E-state index is -3.11. The van der Waals surface area contributed by atoms with E-state index in [0.717, 1.165) is 16.8 Å². The van der Waals surface area contributed by atoms with Gasteiger partial charge in [0, 0.05) is 10.9 Å². The monoisotopic (exact) mass is 432 g/mol. The summed E-state index contributed by atoms with van der Waals surface area (Å²) in [7, 11) is -3.11. The SMILES string of the molecule is Cc1cccc(N2C(=NC(=O)Cc3ccc(F)cc3)S[C@@H]3CS(=O)(=O)C[C@@H]32)c1C. The highest BCUT2D eigenvalue weighted by Crippen LogP contribution is 2.42. The Morgan fingerprint density at radius 1 is 1.17 bits per heavy atom. The summed E-state index contributed by atoms with van der Waals surface area (Å²) >= 11 is 1.36. The van der Waals surface area contributed by atoms with Crippen LogP contribution in [0.1, 0.15) is 16.7 Å². The first kappa shape index (κ1) is 20.1. The second-order valence-electron chi connectivity index (χ2n) is 7.48. The molecule has 8 heteroatoms. The van der Waals surface area contributed by atoms with Crippen LogP contribution in [-0.2, 0) is 21.1 Å². The number of hydrogen-bond acceptors (Lipinski definition) is 4. The van der Waals surface area contributed by atoms with Crippen LogP contribution in [0, 0.1) is 19.7 Å². The highest BCUT2D eigenvalue weighted by atomic mass is 32.2. The van der Waals surface area contributed by atoms with E-state index < -0.39 is 9.84 Å². The number of rotatable bonds is 3. The van der Waals surface area contributed by atoms with Gasteiger partial charge in [-0.15, -0.1) is 0 Å². The third kappa shape index (κ3) is 4.09. The highest BCUT2D eigenvalue weighted by Gasteiger charge is 2.49. The minimum Gasteiger partial charge on any atom is -0.315 e. The summed E-state index contributed by atoms with van der Waals surface area (Å²) in [6.45, 7) is 3.99. The summed E-state index contributed by atoms with van der Waals surface area (Å²) in [6.07, 6.45) is 0.0681. The molecule has 0 bridgehead atoms. The molecule has 152 valence electrons. The van der Waals surface area contributed by atoms with Gasteiger partial charge < -0.3 is 4.90 Å². The Balaban J connectivity index is 1.67. The van der Waals surface area contributed by atoms with E-state index in [1.54, 1.807) is 12.1 Å². The summed E-state index contributed by atoms with van der Waals surface area (Å²) in [6, 6.07) is 11.4. The van der Waals surface area contributed by atoms with Crippen molar-refractivity contribution < 1.29 is 17.6 Å². The van der Waals surface area contributed by atoms with Gasteiger partial charge in [-0.25, -0.2) is 12.8 Å². The third-order valence-electron chi connectivity index (χ3n) is 5.39. The average molecular weight is 433 g/mol. The molecular formula is C21H21FN2O3S2. The maximum Gasteiger partial charge on any atom is 0.252 e. The van der Waals surface area contributed by atoms with Crippen molar-refractivity contribution in [2.75, 3.05) is 16.4 Å². The Hall–Kier alpha value is -2.19. The number of carbonyl (C=O) groups is 1. The van der Waals surface area contributed by atoms with Gasteiger partial charge in [0.15, 0.2) is 15.0 Å². The van der Waals surface area contributed by atoms with Gasteiger partial charge in [0.2, 0.25) is 0 Å². The second kappa shape index (κ2) is 7.57. The van der Waals surface area contributed by atoms with Crippen LogP contribution in [0.2, 0.25) is 0 Å². The topological polar surface area (TPSA) is 66.8 Å². The van der Waals surface area contributed by atoms with E-state index in [2.05, 4.69) is 4.99 Å². The van der Waals surface area contributed by atoms with E-state index in [-0.39, 0.29) is 40.9 Å². The lowest BCUT2D eigenvalue weighted by molar-refractivity contribution is -0.117. The number of amidine groups is 1. The van der Waals surface area contributed by atoms with Gasteiger partial charge in [-0.3, -0.25) is 4.79 Å². The molecule has 0 spiro atoms. The number of amides is 1. The second-order valence-corrected chi connectivity index (χ2v) is 10.8. The zero-order chi connectivity index (χ0) is 20.8. The first-order valence-electron chi connectivity index (χ1n) is 9.32. The van der Waals surface area contributed by atoms with Crippen molar-refractivity contribution in [3.63, 3.8) is 0 Å². The van der Waals surface area contributed by atoms with Gasteiger partial charge in [0.25, 0.3) is 5.91 Å². The van der Waals surface area contributed by atoms with Gasteiger partial charge in [0.05, 0.1) is 24.0 Å². The molecule has 0 N–H and O–H groups in total. The number of anilines is 1. The van der Waals surface area contributed by atoms with Crippen LogP contribution in [0.25, 0.3) is 0 Å². The van der Waals surface area contributed by atoms with Gasteiger partial charge >= 0.3 is 0 Å². The Bertz CT molecular complexity index is 1100. The number of fused-ring (bicyclic) bond motifs is 1. The van der Waals surface area contributed by atoms with E-state index in [0.29, 0.717) is 10.7 Å². The molecule has 2 aliphatic heterocycles. The van der Waals surface area contributed by atoms with Crippen LogP contribution in [-0.4, -0.2) is 42.3 Å². The fourth-order valence-electron chi connectivity index (χ4n) is 3.77. The van der Waals surface area contributed by atoms with Crippen LogP contribution >= 0.6 is 11.8 Å².